The number of nitrogens with one attached hydrogen (secondary N) is 1. The Morgan fingerprint density at radius 1 is 1.19 bits per heavy atom. The number of benzene rings is 1. The molecule has 0 bridgehead atoms. The number of halogens is 1. The molecule has 0 atom stereocenters. The van der Waals surface area contributed by atoms with Crippen molar-refractivity contribution in [3.05, 3.63) is 28.2 Å². The van der Waals surface area contributed by atoms with Crippen LogP contribution in [0, 0.1) is 0 Å². The van der Waals surface area contributed by atoms with Crippen LogP contribution in [0.2, 0.25) is 0 Å². The lowest BCUT2D eigenvalue weighted by molar-refractivity contribution is 0.0804. The number of ether oxygens (including phenoxy) is 3. The normalized spacial score (nSPS) is 14.4. The smallest absolute Gasteiger partial charge is 0.123 e. The molecule has 0 unspecified atom stereocenters. The Balaban J connectivity index is 1.70. The fraction of sp³-hybridized carbons (Fsp3) is 0.625. The van der Waals surface area contributed by atoms with Gasteiger partial charge in [-0.1, -0.05) is 15.9 Å². The van der Waals surface area contributed by atoms with E-state index in [2.05, 4.69) is 27.3 Å². The fourth-order valence-corrected chi connectivity index (χ4v) is 2.40. The van der Waals surface area contributed by atoms with E-state index < -0.39 is 0 Å². The second kappa shape index (κ2) is 9.41. The van der Waals surface area contributed by atoms with Gasteiger partial charge in [0.15, 0.2) is 0 Å². The van der Waals surface area contributed by atoms with Gasteiger partial charge in [0.05, 0.1) is 6.61 Å². The Bertz CT molecular complexity index is 424. The Morgan fingerprint density at radius 3 is 2.81 bits per heavy atom. The predicted octanol–water partition coefficient (Wildman–Crippen LogP) is 3.13. The lowest BCUT2D eigenvalue weighted by Crippen LogP contribution is -2.17. The van der Waals surface area contributed by atoms with Crippen molar-refractivity contribution in [2.75, 3.05) is 33.5 Å². The molecule has 0 heterocycles. The molecule has 1 aromatic rings. The summed E-state index contributed by atoms with van der Waals surface area (Å²) in [6.45, 7) is 3.49. The maximum absolute atomic E-state index is 5.83. The third-order valence-electron chi connectivity index (χ3n) is 3.30. The first-order chi connectivity index (χ1) is 10.3. The molecule has 0 radical (unpaired) electrons. The van der Waals surface area contributed by atoms with Gasteiger partial charge in [0.2, 0.25) is 0 Å². The van der Waals surface area contributed by atoms with E-state index in [1.807, 2.05) is 12.1 Å². The Morgan fingerprint density at radius 2 is 2.05 bits per heavy atom. The van der Waals surface area contributed by atoms with Crippen LogP contribution >= 0.6 is 15.9 Å². The molecule has 0 aliphatic heterocycles. The third kappa shape index (κ3) is 6.78. The first-order valence-electron chi connectivity index (χ1n) is 7.51. The summed E-state index contributed by atoms with van der Waals surface area (Å²) in [7, 11) is 1.70. The van der Waals surface area contributed by atoms with E-state index in [0.29, 0.717) is 25.9 Å². The van der Waals surface area contributed by atoms with E-state index in [9.17, 15) is 0 Å². The molecule has 1 fully saturated rings. The first-order valence-corrected chi connectivity index (χ1v) is 8.30. The maximum Gasteiger partial charge on any atom is 0.123 e. The monoisotopic (exact) mass is 357 g/mol. The van der Waals surface area contributed by atoms with E-state index in [0.717, 1.165) is 29.8 Å². The van der Waals surface area contributed by atoms with Crippen molar-refractivity contribution in [2.24, 2.45) is 0 Å². The van der Waals surface area contributed by atoms with Crippen LogP contribution < -0.4 is 10.1 Å². The molecule has 118 valence electrons. The van der Waals surface area contributed by atoms with Crippen LogP contribution in [0.15, 0.2) is 22.7 Å². The van der Waals surface area contributed by atoms with Gasteiger partial charge in [-0.05, 0) is 37.5 Å². The molecule has 1 aromatic carbocycles. The number of methoxy groups -OCH3 is 1. The van der Waals surface area contributed by atoms with Gasteiger partial charge in [0.1, 0.15) is 12.4 Å². The van der Waals surface area contributed by atoms with Crippen molar-refractivity contribution in [1.29, 1.82) is 0 Å². The van der Waals surface area contributed by atoms with Crippen molar-refractivity contribution in [3.8, 4) is 5.75 Å². The average molecular weight is 358 g/mol. The molecule has 0 amide bonds. The molecule has 1 aliphatic carbocycles. The molecule has 5 heteroatoms. The van der Waals surface area contributed by atoms with Crippen molar-refractivity contribution in [3.63, 3.8) is 0 Å². The van der Waals surface area contributed by atoms with Crippen LogP contribution in [0.3, 0.4) is 0 Å². The second-order valence-corrected chi connectivity index (χ2v) is 6.13. The highest BCUT2D eigenvalue weighted by Crippen LogP contribution is 2.25. The van der Waals surface area contributed by atoms with Crippen molar-refractivity contribution in [2.45, 2.75) is 31.8 Å². The van der Waals surface area contributed by atoms with Gasteiger partial charge in [0, 0.05) is 42.9 Å². The first kappa shape index (κ1) is 16.7. The van der Waals surface area contributed by atoms with Crippen LogP contribution in [0.1, 0.15) is 24.8 Å². The summed E-state index contributed by atoms with van der Waals surface area (Å²) in [5.41, 5.74) is 1.19. The van der Waals surface area contributed by atoms with Crippen molar-refractivity contribution in [1.82, 2.24) is 5.32 Å². The minimum atomic E-state index is 0.574. The van der Waals surface area contributed by atoms with Gasteiger partial charge in [0.25, 0.3) is 0 Å². The van der Waals surface area contributed by atoms with Crippen LogP contribution in [0.25, 0.3) is 0 Å². The summed E-state index contributed by atoms with van der Waals surface area (Å²) in [6, 6.07) is 6.83. The second-order valence-electron chi connectivity index (χ2n) is 5.21. The van der Waals surface area contributed by atoms with Crippen molar-refractivity contribution >= 4 is 15.9 Å². The fourth-order valence-electron chi connectivity index (χ4n) is 1.99. The zero-order valence-corrected chi connectivity index (χ0v) is 14.2. The molecule has 1 N–H and O–H groups in total. The highest BCUT2D eigenvalue weighted by Gasteiger charge is 2.20. The Hall–Kier alpha value is -0.620. The van der Waals surface area contributed by atoms with Crippen LogP contribution in [0.4, 0.5) is 0 Å². The molecule has 0 saturated heterocycles. The van der Waals surface area contributed by atoms with E-state index in [1.54, 1.807) is 7.11 Å². The molecule has 1 aliphatic rings. The predicted molar refractivity (Wildman–Crippen MR) is 86.8 cm³/mol. The van der Waals surface area contributed by atoms with Gasteiger partial charge in [-0.2, -0.15) is 0 Å². The van der Waals surface area contributed by atoms with Gasteiger partial charge in [-0.3, -0.25) is 0 Å². The number of hydrogen-bond acceptors (Lipinski definition) is 4. The van der Waals surface area contributed by atoms with Crippen LogP contribution in [-0.4, -0.2) is 39.6 Å². The van der Waals surface area contributed by atoms with Gasteiger partial charge in [-0.15, -0.1) is 0 Å². The van der Waals surface area contributed by atoms with Crippen LogP contribution in [0.5, 0.6) is 5.75 Å². The largest absolute Gasteiger partial charge is 0.491 e. The average Bonchev–Trinajstić information content (AvgIpc) is 3.30. The summed E-state index contributed by atoms with van der Waals surface area (Å²) < 4.78 is 17.4. The summed E-state index contributed by atoms with van der Waals surface area (Å²) in [5, 5.41) is 3.52. The highest BCUT2D eigenvalue weighted by atomic mass is 79.9. The zero-order chi connectivity index (χ0) is 14.9. The Labute approximate surface area is 135 Å². The lowest BCUT2D eigenvalue weighted by atomic mass is 10.2. The molecule has 0 aromatic heterocycles. The quantitative estimate of drug-likeness (QED) is 0.617. The summed E-state index contributed by atoms with van der Waals surface area (Å²) in [5.74, 6) is 0.937. The molecule has 4 nitrogen and oxygen atoms in total. The summed E-state index contributed by atoms with van der Waals surface area (Å²) in [4.78, 5) is 0. The van der Waals surface area contributed by atoms with Gasteiger partial charge < -0.3 is 19.5 Å². The van der Waals surface area contributed by atoms with E-state index in [-0.39, 0.29) is 0 Å². The van der Waals surface area contributed by atoms with Gasteiger partial charge in [-0.25, -0.2) is 0 Å². The SMILES string of the molecule is COCCCOCCOc1ccc(Br)cc1CNC1CC1. The molecular formula is C16H24BrNO3. The third-order valence-corrected chi connectivity index (χ3v) is 3.80. The number of rotatable bonds is 11. The van der Waals surface area contributed by atoms with Gasteiger partial charge >= 0.3 is 0 Å². The lowest BCUT2D eigenvalue weighted by Gasteiger charge is -2.13. The van der Waals surface area contributed by atoms with E-state index in [1.165, 1.54) is 18.4 Å². The van der Waals surface area contributed by atoms with Crippen LogP contribution in [-0.2, 0) is 16.0 Å². The molecule has 21 heavy (non-hydrogen) atoms. The minimum absolute atomic E-state index is 0.574. The topological polar surface area (TPSA) is 39.7 Å². The molecule has 0 spiro atoms. The number of hydrogen-bond donors (Lipinski definition) is 1. The summed E-state index contributed by atoms with van der Waals surface area (Å²) in [6.07, 6.45) is 3.50. The standard InChI is InChI=1S/C16H24BrNO3/c1-19-7-2-8-20-9-10-21-16-6-3-14(17)11-13(16)12-18-15-4-5-15/h3,6,11,15,18H,2,4-5,7-10,12H2,1H3. The maximum atomic E-state index is 5.83. The molecule has 1 saturated carbocycles. The highest BCUT2D eigenvalue weighted by molar-refractivity contribution is 9.10. The van der Waals surface area contributed by atoms with E-state index in [4.69, 9.17) is 14.2 Å². The zero-order valence-electron chi connectivity index (χ0n) is 12.6. The minimum Gasteiger partial charge on any atom is -0.491 e. The molecule has 2 rings (SSSR count). The van der Waals surface area contributed by atoms with E-state index >= 15 is 0 Å². The summed E-state index contributed by atoms with van der Waals surface area (Å²) >= 11 is 3.52. The van der Waals surface area contributed by atoms with Crippen molar-refractivity contribution < 1.29 is 14.2 Å². The Kier molecular flexibility index (Phi) is 7.50. The molecular weight excluding hydrogens is 334 g/mol.